The maximum atomic E-state index is 12.4. The van der Waals surface area contributed by atoms with E-state index in [9.17, 15) is 4.79 Å². The third kappa shape index (κ3) is 4.03. The van der Waals surface area contributed by atoms with Crippen molar-refractivity contribution >= 4 is 12.0 Å². The summed E-state index contributed by atoms with van der Waals surface area (Å²) in [6.45, 7) is 6.08. The van der Waals surface area contributed by atoms with Gasteiger partial charge in [0.1, 0.15) is 11.5 Å². The molecule has 0 bridgehead atoms. The number of carbonyl (C=O) groups excluding carboxylic acids is 1. The number of likely N-dealkylation sites (tertiary alicyclic amines) is 1. The zero-order chi connectivity index (χ0) is 16.1. The van der Waals surface area contributed by atoms with Gasteiger partial charge in [-0.2, -0.15) is 0 Å². The Morgan fingerprint density at radius 2 is 1.86 bits per heavy atom. The SMILES string of the molecule is COc1ccc(/C=C/C(=O)N2CC(C)CC(C)C2)c(OC)c1. The molecular formula is C18H25NO3. The molecule has 1 aromatic rings. The molecule has 0 saturated carbocycles. The van der Waals surface area contributed by atoms with Crippen molar-refractivity contribution < 1.29 is 14.3 Å². The number of carbonyl (C=O) groups is 1. The molecule has 0 spiro atoms. The average molecular weight is 303 g/mol. The lowest BCUT2D eigenvalue weighted by atomic mass is 9.92. The fourth-order valence-corrected chi connectivity index (χ4v) is 3.07. The highest BCUT2D eigenvalue weighted by Gasteiger charge is 2.24. The van der Waals surface area contributed by atoms with Crippen LogP contribution in [0.5, 0.6) is 11.5 Å². The van der Waals surface area contributed by atoms with E-state index in [-0.39, 0.29) is 5.91 Å². The number of hydrogen-bond acceptors (Lipinski definition) is 3. The van der Waals surface area contributed by atoms with E-state index in [2.05, 4.69) is 13.8 Å². The molecule has 22 heavy (non-hydrogen) atoms. The molecule has 1 heterocycles. The predicted octanol–water partition coefficient (Wildman–Crippen LogP) is 3.22. The number of rotatable bonds is 4. The van der Waals surface area contributed by atoms with E-state index < -0.39 is 0 Å². The molecule has 2 unspecified atom stereocenters. The summed E-state index contributed by atoms with van der Waals surface area (Å²) in [5, 5.41) is 0. The quantitative estimate of drug-likeness (QED) is 0.802. The van der Waals surface area contributed by atoms with Crippen molar-refractivity contribution in [2.75, 3.05) is 27.3 Å². The van der Waals surface area contributed by atoms with Gasteiger partial charge < -0.3 is 14.4 Å². The van der Waals surface area contributed by atoms with Crippen molar-refractivity contribution in [3.63, 3.8) is 0 Å². The predicted molar refractivity (Wildman–Crippen MR) is 88.1 cm³/mol. The maximum Gasteiger partial charge on any atom is 0.246 e. The third-order valence-corrected chi connectivity index (χ3v) is 4.03. The van der Waals surface area contributed by atoms with Crippen LogP contribution in [0.25, 0.3) is 6.08 Å². The van der Waals surface area contributed by atoms with Gasteiger partial charge in [0.15, 0.2) is 0 Å². The molecule has 0 N–H and O–H groups in total. The molecule has 0 aliphatic carbocycles. The lowest BCUT2D eigenvalue weighted by molar-refractivity contribution is -0.128. The van der Waals surface area contributed by atoms with Crippen LogP contribution in [0.3, 0.4) is 0 Å². The van der Waals surface area contributed by atoms with Crippen LogP contribution in [-0.2, 0) is 4.79 Å². The van der Waals surface area contributed by atoms with Crippen LogP contribution in [0, 0.1) is 11.8 Å². The second-order valence-corrected chi connectivity index (χ2v) is 6.13. The highest BCUT2D eigenvalue weighted by atomic mass is 16.5. The Kier molecular flexibility index (Phi) is 5.47. The first kappa shape index (κ1) is 16.4. The first-order valence-corrected chi connectivity index (χ1v) is 7.72. The van der Waals surface area contributed by atoms with Crippen LogP contribution < -0.4 is 9.47 Å². The molecule has 1 amide bonds. The molecule has 1 saturated heterocycles. The van der Waals surface area contributed by atoms with E-state index in [0.29, 0.717) is 17.6 Å². The van der Waals surface area contributed by atoms with Crippen molar-refractivity contribution in [1.82, 2.24) is 4.90 Å². The van der Waals surface area contributed by atoms with Gasteiger partial charge in [-0.25, -0.2) is 0 Å². The van der Waals surface area contributed by atoms with Crippen molar-refractivity contribution in [1.29, 1.82) is 0 Å². The van der Waals surface area contributed by atoms with Crippen LogP contribution in [0.15, 0.2) is 24.3 Å². The molecule has 1 aromatic carbocycles. The number of piperidine rings is 1. The molecule has 120 valence electrons. The number of amides is 1. The normalized spacial score (nSPS) is 21.9. The zero-order valence-corrected chi connectivity index (χ0v) is 13.8. The second kappa shape index (κ2) is 7.34. The number of methoxy groups -OCH3 is 2. The first-order valence-electron chi connectivity index (χ1n) is 7.72. The van der Waals surface area contributed by atoms with Gasteiger partial charge in [0.2, 0.25) is 5.91 Å². The van der Waals surface area contributed by atoms with E-state index >= 15 is 0 Å². The summed E-state index contributed by atoms with van der Waals surface area (Å²) in [5.74, 6) is 2.63. The number of benzene rings is 1. The van der Waals surface area contributed by atoms with Gasteiger partial charge >= 0.3 is 0 Å². The fraction of sp³-hybridized carbons (Fsp3) is 0.500. The van der Waals surface area contributed by atoms with Gasteiger partial charge in [-0.15, -0.1) is 0 Å². The summed E-state index contributed by atoms with van der Waals surface area (Å²) in [5.41, 5.74) is 0.870. The second-order valence-electron chi connectivity index (χ2n) is 6.13. The van der Waals surface area contributed by atoms with E-state index in [0.717, 1.165) is 24.4 Å². The molecule has 0 radical (unpaired) electrons. The maximum absolute atomic E-state index is 12.4. The summed E-state index contributed by atoms with van der Waals surface area (Å²) in [7, 11) is 3.23. The zero-order valence-electron chi connectivity index (χ0n) is 13.8. The van der Waals surface area contributed by atoms with Crippen LogP contribution in [-0.4, -0.2) is 38.1 Å². The molecule has 4 heteroatoms. The monoisotopic (exact) mass is 303 g/mol. The van der Waals surface area contributed by atoms with E-state index in [4.69, 9.17) is 9.47 Å². The van der Waals surface area contributed by atoms with E-state index in [1.54, 1.807) is 20.3 Å². The minimum Gasteiger partial charge on any atom is -0.497 e. The first-order chi connectivity index (χ1) is 10.5. The van der Waals surface area contributed by atoms with Gasteiger partial charge in [0, 0.05) is 30.8 Å². The Morgan fingerprint density at radius 1 is 1.18 bits per heavy atom. The summed E-state index contributed by atoms with van der Waals surface area (Å²) in [6.07, 6.45) is 4.64. The van der Waals surface area contributed by atoms with Crippen molar-refractivity contribution in [2.45, 2.75) is 20.3 Å². The Morgan fingerprint density at radius 3 is 2.45 bits per heavy atom. The third-order valence-electron chi connectivity index (χ3n) is 4.03. The Bertz CT molecular complexity index is 543. The number of nitrogens with zero attached hydrogens (tertiary/aromatic N) is 1. The van der Waals surface area contributed by atoms with Crippen LogP contribution in [0.2, 0.25) is 0 Å². The molecular weight excluding hydrogens is 278 g/mol. The smallest absolute Gasteiger partial charge is 0.246 e. The van der Waals surface area contributed by atoms with E-state index in [1.807, 2.05) is 29.2 Å². The largest absolute Gasteiger partial charge is 0.497 e. The average Bonchev–Trinajstić information content (AvgIpc) is 2.51. The van der Waals surface area contributed by atoms with Crippen molar-refractivity contribution in [3.05, 3.63) is 29.8 Å². The molecule has 1 aliphatic heterocycles. The Hall–Kier alpha value is -1.97. The van der Waals surface area contributed by atoms with Gasteiger partial charge in [-0.3, -0.25) is 4.79 Å². The standard InChI is InChI=1S/C18H25NO3/c1-13-9-14(2)12-19(11-13)18(20)8-6-15-5-7-16(21-3)10-17(15)22-4/h5-8,10,13-14H,9,11-12H2,1-4H3/b8-6+. The summed E-state index contributed by atoms with van der Waals surface area (Å²) < 4.78 is 10.5. The topological polar surface area (TPSA) is 38.8 Å². The molecule has 2 atom stereocenters. The minimum atomic E-state index is 0.0660. The molecule has 2 rings (SSSR count). The Labute approximate surface area is 132 Å². The highest BCUT2D eigenvalue weighted by Crippen LogP contribution is 2.26. The Balaban J connectivity index is 2.09. The van der Waals surface area contributed by atoms with Crippen molar-refractivity contribution in [2.24, 2.45) is 11.8 Å². The van der Waals surface area contributed by atoms with Gasteiger partial charge in [0.25, 0.3) is 0 Å². The minimum absolute atomic E-state index is 0.0660. The summed E-state index contributed by atoms with van der Waals surface area (Å²) >= 11 is 0. The lowest BCUT2D eigenvalue weighted by Gasteiger charge is -2.34. The fourth-order valence-electron chi connectivity index (χ4n) is 3.07. The summed E-state index contributed by atoms with van der Waals surface area (Å²) in [6, 6.07) is 5.57. The van der Waals surface area contributed by atoms with Crippen LogP contribution in [0.4, 0.5) is 0 Å². The number of ether oxygens (including phenoxy) is 2. The summed E-state index contributed by atoms with van der Waals surface area (Å²) in [4.78, 5) is 14.3. The molecule has 0 aromatic heterocycles. The lowest BCUT2D eigenvalue weighted by Crippen LogP contribution is -2.41. The molecule has 4 nitrogen and oxygen atoms in total. The molecule has 1 aliphatic rings. The molecule has 1 fully saturated rings. The van der Waals surface area contributed by atoms with Crippen LogP contribution in [0.1, 0.15) is 25.8 Å². The van der Waals surface area contributed by atoms with Crippen LogP contribution >= 0.6 is 0 Å². The van der Waals surface area contributed by atoms with E-state index in [1.165, 1.54) is 6.42 Å². The number of hydrogen-bond donors (Lipinski definition) is 0. The van der Waals surface area contributed by atoms with Gasteiger partial charge in [-0.1, -0.05) is 13.8 Å². The van der Waals surface area contributed by atoms with Gasteiger partial charge in [0.05, 0.1) is 14.2 Å². The van der Waals surface area contributed by atoms with Gasteiger partial charge in [-0.05, 0) is 36.5 Å². The van der Waals surface area contributed by atoms with Crippen molar-refractivity contribution in [3.8, 4) is 11.5 Å². The highest BCUT2D eigenvalue weighted by molar-refractivity contribution is 5.92.